The molecule has 0 spiro atoms. The van der Waals surface area contributed by atoms with Crippen LogP contribution in [0.5, 0.6) is 0 Å². The van der Waals surface area contributed by atoms with Gasteiger partial charge in [-0.2, -0.15) is 0 Å². The Bertz CT molecular complexity index is 390. The fourth-order valence-corrected chi connectivity index (χ4v) is 3.02. The van der Waals surface area contributed by atoms with Gasteiger partial charge in [0.25, 0.3) is 5.91 Å². The first kappa shape index (κ1) is 11.9. The summed E-state index contributed by atoms with van der Waals surface area (Å²) in [6, 6.07) is 3.91. The number of aryl methyl sites for hydroxylation is 1. The lowest BCUT2D eigenvalue weighted by Crippen LogP contribution is -2.43. The topological polar surface area (TPSA) is 20.3 Å². The van der Waals surface area contributed by atoms with Crippen molar-refractivity contribution in [3.63, 3.8) is 0 Å². The molecule has 1 fully saturated rings. The molecule has 1 aliphatic rings. The maximum absolute atomic E-state index is 12.2. The molecule has 4 heteroatoms. The van der Waals surface area contributed by atoms with Gasteiger partial charge in [0.1, 0.15) is 0 Å². The highest BCUT2D eigenvalue weighted by Gasteiger charge is 2.28. The van der Waals surface area contributed by atoms with Crippen molar-refractivity contribution < 1.29 is 4.79 Å². The number of nitrogens with zero attached hydrogens (tertiary/aromatic N) is 1. The third-order valence-electron chi connectivity index (χ3n) is 3.04. The van der Waals surface area contributed by atoms with Crippen molar-refractivity contribution in [3.05, 3.63) is 21.9 Å². The van der Waals surface area contributed by atoms with Gasteiger partial charge in [0.2, 0.25) is 0 Å². The van der Waals surface area contributed by atoms with Crippen LogP contribution in [0.3, 0.4) is 0 Å². The number of rotatable bonds is 1. The second kappa shape index (κ2) is 4.76. The summed E-state index contributed by atoms with van der Waals surface area (Å²) >= 11 is 7.72. The van der Waals surface area contributed by atoms with E-state index >= 15 is 0 Å². The van der Waals surface area contributed by atoms with Crippen LogP contribution < -0.4 is 0 Å². The maximum Gasteiger partial charge on any atom is 0.263 e. The molecule has 2 heterocycles. The molecule has 0 aromatic carbocycles. The molecule has 1 saturated heterocycles. The molecule has 1 aromatic rings. The number of hydrogen-bond acceptors (Lipinski definition) is 2. The minimum absolute atomic E-state index is 0.161. The zero-order chi connectivity index (χ0) is 11.7. The molecular weight excluding hydrogens is 242 g/mol. The number of carbonyl (C=O) groups excluding carboxylic acids is 1. The molecule has 1 amide bonds. The minimum Gasteiger partial charge on any atom is -0.338 e. The van der Waals surface area contributed by atoms with Crippen LogP contribution in [-0.4, -0.2) is 29.3 Å². The van der Waals surface area contributed by atoms with Crippen LogP contribution in [-0.2, 0) is 0 Å². The number of piperidine rings is 1. The van der Waals surface area contributed by atoms with E-state index in [1.54, 1.807) is 11.3 Å². The number of alkyl halides is 1. The zero-order valence-electron chi connectivity index (χ0n) is 9.57. The van der Waals surface area contributed by atoms with Crippen molar-refractivity contribution in [2.45, 2.75) is 25.6 Å². The van der Waals surface area contributed by atoms with E-state index in [0.717, 1.165) is 24.4 Å². The third kappa shape index (κ3) is 2.41. The molecule has 2 unspecified atom stereocenters. The van der Waals surface area contributed by atoms with Crippen LogP contribution in [0.15, 0.2) is 12.1 Å². The second-order valence-corrected chi connectivity index (χ2v) is 6.29. The Morgan fingerprint density at radius 1 is 1.56 bits per heavy atom. The Labute approximate surface area is 105 Å². The smallest absolute Gasteiger partial charge is 0.263 e. The second-order valence-electron chi connectivity index (χ2n) is 4.44. The number of likely N-dealkylation sites (tertiary alicyclic amines) is 1. The summed E-state index contributed by atoms with van der Waals surface area (Å²) in [5.41, 5.74) is 0. The highest BCUT2D eigenvalue weighted by molar-refractivity contribution is 7.13. The van der Waals surface area contributed by atoms with E-state index in [-0.39, 0.29) is 11.3 Å². The number of halogens is 1. The molecule has 2 nitrogen and oxygen atoms in total. The summed E-state index contributed by atoms with van der Waals surface area (Å²) in [6.45, 7) is 5.70. The van der Waals surface area contributed by atoms with Crippen molar-refractivity contribution in [1.82, 2.24) is 4.90 Å². The summed E-state index contributed by atoms with van der Waals surface area (Å²) in [5, 5.41) is 0.217. The van der Waals surface area contributed by atoms with Crippen LogP contribution in [0.25, 0.3) is 0 Å². The van der Waals surface area contributed by atoms with Gasteiger partial charge in [-0.05, 0) is 31.4 Å². The van der Waals surface area contributed by atoms with E-state index in [9.17, 15) is 4.79 Å². The van der Waals surface area contributed by atoms with Crippen LogP contribution >= 0.6 is 22.9 Å². The molecule has 2 rings (SSSR count). The SMILES string of the molecule is Cc1ccc(C(=O)N2CCC(Cl)C(C)C2)s1. The quantitative estimate of drug-likeness (QED) is 0.708. The van der Waals surface area contributed by atoms with Crippen molar-refractivity contribution in [2.75, 3.05) is 13.1 Å². The standard InChI is InChI=1S/C12H16ClNOS/c1-8-7-14(6-5-10(8)13)12(15)11-4-3-9(2)16-11/h3-4,8,10H,5-7H2,1-2H3. The Balaban J connectivity index is 2.06. The first-order valence-corrected chi connectivity index (χ1v) is 6.83. The highest BCUT2D eigenvalue weighted by atomic mass is 35.5. The van der Waals surface area contributed by atoms with E-state index in [4.69, 9.17) is 11.6 Å². The molecule has 0 N–H and O–H groups in total. The fraction of sp³-hybridized carbons (Fsp3) is 0.583. The third-order valence-corrected chi connectivity index (χ3v) is 4.68. The lowest BCUT2D eigenvalue weighted by Gasteiger charge is -2.33. The molecular formula is C12H16ClNOS. The number of carbonyl (C=O) groups is 1. The van der Waals surface area contributed by atoms with E-state index in [1.807, 2.05) is 24.0 Å². The molecule has 0 radical (unpaired) electrons. The Morgan fingerprint density at radius 2 is 2.31 bits per heavy atom. The fourth-order valence-electron chi connectivity index (χ4n) is 2.01. The van der Waals surface area contributed by atoms with Gasteiger partial charge in [-0.15, -0.1) is 22.9 Å². The molecule has 0 aliphatic carbocycles. The molecule has 1 aromatic heterocycles. The Morgan fingerprint density at radius 3 is 2.88 bits per heavy atom. The average molecular weight is 258 g/mol. The van der Waals surface area contributed by atoms with Crippen molar-refractivity contribution in [1.29, 1.82) is 0 Å². The predicted octanol–water partition coefficient (Wildman–Crippen LogP) is 3.15. The van der Waals surface area contributed by atoms with Gasteiger partial charge in [0.15, 0.2) is 0 Å². The summed E-state index contributed by atoms with van der Waals surface area (Å²) in [5.74, 6) is 0.550. The molecule has 0 saturated carbocycles. The van der Waals surface area contributed by atoms with Gasteiger partial charge < -0.3 is 4.90 Å². The monoisotopic (exact) mass is 257 g/mol. The van der Waals surface area contributed by atoms with Gasteiger partial charge in [0.05, 0.1) is 4.88 Å². The van der Waals surface area contributed by atoms with E-state index in [0.29, 0.717) is 5.92 Å². The lowest BCUT2D eigenvalue weighted by molar-refractivity contribution is 0.0692. The van der Waals surface area contributed by atoms with Crippen LogP contribution in [0.4, 0.5) is 0 Å². The summed E-state index contributed by atoms with van der Waals surface area (Å²) in [6.07, 6.45) is 0.902. The molecule has 88 valence electrons. The van der Waals surface area contributed by atoms with Crippen LogP contribution in [0, 0.1) is 12.8 Å². The van der Waals surface area contributed by atoms with E-state index in [1.165, 1.54) is 4.88 Å². The van der Waals surface area contributed by atoms with Crippen molar-refractivity contribution in [2.24, 2.45) is 5.92 Å². The lowest BCUT2D eigenvalue weighted by atomic mass is 9.99. The first-order valence-electron chi connectivity index (χ1n) is 5.57. The Hall–Kier alpha value is -0.540. The van der Waals surface area contributed by atoms with Gasteiger partial charge in [0, 0.05) is 23.3 Å². The predicted molar refractivity (Wildman–Crippen MR) is 68.4 cm³/mol. The average Bonchev–Trinajstić information content (AvgIpc) is 2.68. The maximum atomic E-state index is 12.2. The van der Waals surface area contributed by atoms with E-state index in [2.05, 4.69) is 6.92 Å². The zero-order valence-corrected chi connectivity index (χ0v) is 11.1. The van der Waals surface area contributed by atoms with Gasteiger partial charge in [-0.25, -0.2) is 0 Å². The summed E-state index contributed by atoms with van der Waals surface area (Å²) < 4.78 is 0. The molecule has 1 aliphatic heterocycles. The minimum atomic E-state index is 0.161. The largest absolute Gasteiger partial charge is 0.338 e. The molecule has 0 bridgehead atoms. The number of thiophene rings is 1. The normalized spacial score (nSPS) is 25.8. The van der Waals surface area contributed by atoms with E-state index < -0.39 is 0 Å². The summed E-state index contributed by atoms with van der Waals surface area (Å²) in [4.78, 5) is 16.1. The van der Waals surface area contributed by atoms with Gasteiger partial charge in [-0.3, -0.25) is 4.79 Å². The summed E-state index contributed by atoms with van der Waals surface area (Å²) in [7, 11) is 0. The number of hydrogen-bond donors (Lipinski definition) is 0. The highest BCUT2D eigenvalue weighted by Crippen LogP contribution is 2.24. The van der Waals surface area contributed by atoms with Crippen molar-refractivity contribution in [3.8, 4) is 0 Å². The number of amides is 1. The molecule has 16 heavy (non-hydrogen) atoms. The first-order chi connectivity index (χ1) is 7.58. The van der Waals surface area contributed by atoms with Gasteiger partial charge >= 0.3 is 0 Å². The van der Waals surface area contributed by atoms with Crippen LogP contribution in [0.2, 0.25) is 0 Å². The van der Waals surface area contributed by atoms with Crippen molar-refractivity contribution >= 4 is 28.8 Å². The van der Waals surface area contributed by atoms with Gasteiger partial charge in [-0.1, -0.05) is 6.92 Å². The Kier molecular flexibility index (Phi) is 3.55. The molecule has 2 atom stereocenters. The van der Waals surface area contributed by atoms with Crippen LogP contribution in [0.1, 0.15) is 27.9 Å².